The molecule has 0 aliphatic carbocycles. The Balaban J connectivity index is 2.11. The van der Waals surface area contributed by atoms with E-state index >= 15 is 0 Å². The highest BCUT2D eigenvalue weighted by molar-refractivity contribution is 7.14. The van der Waals surface area contributed by atoms with Crippen molar-refractivity contribution in [3.05, 3.63) is 27.9 Å². The summed E-state index contributed by atoms with van der Waals surface area (Å²) in [7, 11) is 0. The van der Waals surface area contributed by atoms with E-state index in [0.717, 1.165) is 10.6 Å². The third kappa shape index (κ3) is 2.46. The molecule has 0 spiro atoms. The van der Waals surface area contributed by atoms with Gasteiger partial charge in [0.05, 0.1) is 6.61 Å². The van der Waals surface area contributed by atoms with Crippen LogP contribution in [0.5, 0.6) is 0 Å². The molecule has 0 bridgehead atoms. The molecule has 2 aromatic rings. The number of hydrogen-bond donors (Lipinski definition) is 2. The van der Waals surface area contributed by atoms with Gasteiger partial charge in [-0.2, -0.15) is 11.3 Å². The Hall–Kier alpha value is -1.24. The van der Waals surface area contributed by atoms with Crippen LogP contribution in [0.2, 0.25) is 0 Å². The first-order chi connectivity index (χ1) is 7.81. The van der Waals surface area contributed by atoms with E-state index in [-0.39, 0.29) is 19.1 Å². The zero-order valence-electron chi connectivity index (χ0n) is 8.34. The van der Waals surface area contributed by atoms with E-state index in [4.69, 9.17) is 5.11 Å². The molecule has 2 rings (SSSR count). The van der Waals surface area contributed by atoms with Gasteiger partial charge in [-0.15, -0.1) is 11.3 Å². The molecule has 2 aromatic heterocycles. The number of rotatable bonds is 4. The summed E-state index contributed by atoms with van der Waals surface area (Å²) in [6.45, 7) is 0.192. The SMILES string of the molecule is O=C(NCCO)c1csc(-c2ccsc2)n1. The minimum absolute atomic E-state index is 0.0622. The van der Waals surface area contributed by atoms with Gasteiger partial charge < -0.3 is 10.4 Å². The number of thiazole rings is 1. The van der Waals surface area contributed by atoms with Gasteiger partial charge in [-0.1, -0.05) is 0 Å². The van der Waals surface area contributed by atoms with Gasteiger partial charge in [0, 0.05) is 22.9 Å². The molecule has 0 aliphatic heterocycles. The minimum Gasteiger partial charge on any atom is -0.395 e. The molecular weight excluding hydrogens is 244 g/mol. The molecule has 0 saturated heterocycles. The average molecular weight is 254 g/mol. The number of aliphatic hydroxyl groups is 1. The normalized spacial score (nSPS) is 10.3. The van der Waals surface area contributed by atoms with Crippen molar-refractivity contribution in [1.29, 1.82) is 0 Å². The Kier molecular flexibility index (Phi) is 3.66. The Bertz CT molecular complexity index is 465. The van der Waals surface area contributed by atoms with Crippen LogP contribution in [0.1, 0.15) is 10.5 Å². The summed E-state index contributed by atoms with van der Waals surface area (Å²) in [5.41, 5.74) is 1.44. The molecule has 1 amide bonds. The topological polar surface area (TPSA) is 62.2 Å². The highest BCUT2D eigenvalue weighted by atomic mass is 32.1. The van der Waals surface area contributed by atoms with Gasteiger partial charge in [0.15, 0.2) is 0 Å². The second-order valence-electron chi connectivity index (χ2n) is 3.03. The molecule has 0 saturated carbocycles. The lowest BCUT2D eigenvalue weighted by atomic mass is 10.3. The molecule has 6 heteroatoms. The average Bonchev–Trinajstić information content (AvgIpc) is 2.94. The number of aliphatic hydroxyl groups excluding tert-OH is 1. The molecule has 0 radical (unpaired) electrons. The first kappa shape index (κ1) is 11.3. The molecule has 4 nitrogen and oxygen atoms in total. The summed E-state index contributed by atoms with van der Waals surface area (Å²) in [5, 5.41) is 17.7. The van der Waals surface area contributed by atoms with Crippen LogP contribution in [0, 0.1) is 0 Å². The van der Waals surface area contributed by atoms with Crippen LogP contribution in [0.4, 0.5) is 0 Å². The van der Waals surface area contributed by atoms with Gasteiger partial charge >= 0.3 is 0 Å². The lowest BCUT2D eigenvalue weighted by Gasteiger charge is -1.98. The molecule has 0 aliphatic rings. The number of hydrogen-bond acceptors (Lipinski definition) is 5. The Morgan fingerprint density at radius 2 is 2.38 bits per heavy atom. The maximum Gasteiger partial charge on any atom is 0.270 e. The van der Waals surface area contributed by atoms with Gasteiger partial charge in [0.1, 0.15) is 10.7 Å². The lowest BCUT2D eigenvalue weighted by Crippen LogP contribution is -2.26. The third-order valence-corrected chi connectivity index (χ3v) is 3.48. The van der Waals surface area contributed by atoms with Crippen LogP contribution in [-0.4, -0.2) is 29.1 Å². The number of aromatic nitrogens is 1. The van der Waals surface area contributed by atoms with Gasteiger partial charge in [0.2, 0.25) is 0 Å². The van der Waals surface area contributed by atoms with Gasteiger partial charge in [-0.05, 0) is 11.4 Å². The maximum absolute atomic E-state index is 11.5. The summed E-state index contributed by atoms with van der Waals surface area (Å²) in [5.74, 6) is -0.244. The van der Waals surface area contributed by atoms with E-state index in [1.807, 2.05) is 16.8 Å². The standard InChI is InChI=1S/C10H10N2O2S2/c13-3-2-11-9(14)8-6-16-10(12-8)7-1-4-15-5-7/h1,4-6,13H,2-3H2,(H,11,14). The third-order valence-electron chi connectivity index (χ3n) is 1.90. The first-order valence-corrected chi connectivity index (χ1v) is 6.50. The van der Waals surface area contributed by atoms with E-state index in [9.17, 15) is 4.79 Å². The fourth-order valence-electron chi connectivity index (χ4n) is 1.16. The molecule has 0 aromatic carbocycles. The molecule has 0 unspecified atom stereocenters. The van der Waals surface area contributed by atoms with Crippen LogP contribution >= 0.6 is 22.7 Å². The van der Waals surface area contributed by atoms with Crippen molar-refractivity contribution in [1.82, 2.24) is 10.3 Å². The predicted octanol–water partition coefficient (Wildman–Crippen LogP) is 1.59. The summed E-state index contributed by atoms with van der Waals surface area (Å²) in [4.78, 5) is 15.7. The van der Waals surface area contributed by atoms with E-state index < -0.39 is 0 Å². The molecule has 2 heterocycles. The number of carbonyl (C=O) groups excluding carboxylic acids is 1. The monoisotopic (exact) mass is 254 g/mol. The Labute approximate surface area is 101 Å². The van der Waals surface area contributed by atoms with Crippen molar-refractivity contribution in [2.45, 2.75) is 0 Å². The summed E-state index contributed by atoms with van der Waals surface area (Å²) in [6.07, 6.45) is 0. The molecule has 84 valence electrons. The van der Waals surface area contributed by atoms with Crippen molar-refractivity contribution in [3.63, 3.8) is 0 Å². The molecule has 16 heavy (non-hydrogen) atoms. The second-order valence-corrected chi connectivity index (χ2v) is 4.67. The van der Waals surface area contributed by atoms with Crippen LogP contribution in [-0.2, 0) is 0 Å². The Morgan fingerprint density at radius 1 is 1.50 bits per heavy atom. The van der Waals surface area contributed by atoms with Crippen LogP contribution < -0.4 is 5.32 Å². The Morgan fingerprint density at radius 3 is 3.06 bits per heavy atom. The van der Waals surface area contributed by atoms with E-state index in [1.165, 1.54) is 11.3 Å². The van der Waals surface area contributed by atoms with E-state index in [2.05, 4.69) is 10.3 Å². The largest absolute Gasteiger partial charge is 0.395 e. The molecule has 2 N–H and O–H groups in total. The smallest absolute Gasteiger partial charge is 0.270 e. The van der Waals surface area contributed by atoms with Crippen LogP contribution in [0.15, 0.2) is 22.2 Å². The lowest BCUT2D eigenvalue weighted by molar-refractivity contribution is 0.0940. The number of amides is 1. The zero-order chi connectivity index (χ0) is 11.4. The second kappa shape index (κ2) is 5.20. The van der Waals surface area contributed by atoms with Crippen LogP contribution in [0.25, 0.3) is 10.6 Å². The molecule has 0 atom stereocenters. The zero-order valence-corrected chi connectivity index (χ0v) is 9.98. The maximum atomic E-state index is 11.5. The minimum atomic E-state index is -0.244. The van der Waals surface area contributed by atoms with Gasteiger partial charge in [0.25, 0.3) is 5.91 Å². The summed E-state index contributed by atoms with van der Waals surface area (Å²) < 4.78 is 0. The number of thiophene rings is 1. The number of nitrogens with zero attached hydrogens (tertiary/aromatic N) is 1. The predicted molar refractivity (Wildman–Crippen MR) is 64.8 cm³/mol. The van der Waals surface area contributed by atoms with Crippen molar-refractivity contribution in [2.75, 3.05) is 13.2 Å². The highest BCUT2D eigenvalue weighted by Crippen LogP contribution is 2.25. The molecule has 0 fully saturated rings. The van der Waals surface area contributed by atoms with E-state index in [1.54, 1.807) is 16.7 Å². The first-order valence-electron chi connectivity index (χ1n) is 4.68. The van der Waals surface area contributed by atoms with Gasteiger partial charge in [-0.3, -0.25) is 4.79 Å². The fraction of sp³-hybridized carbons (Fsp3) is 0.200. The molecular formula is C10H10N2O2S2. The number of carbonyl (C=O) groups is 1. The fourth-order valence-corrected chi connectivity index (χ4v) is 2.67. The summed E-state index contributed by atoms with van der Waals surface area (Å²) in [6, 6.07) is 1.97. The van der Waals surface area contributed by atoms with Crippen molar-refractivity contribution in [3.8, 4) is 10.6 Å². The highest BCUT2D eigenvalue weighted by Gasteiger charge is 2.11. The number of nitrogens with one attached hydrogen (secondary N) is 1. The van der Waals surface area contributed by atoms with Crippen molar-refractivity contribution in [2.24, 2.45) is 0 Å². The van der Waals surface area contributed by atoms with Crippen molar-refractivity contribution >= 4 is 28.6 Å². The van der Waals surface area contributed by atoms with Crippen LogP contribution in [0.3, 0.4) is 0 Å². The summed E-state index contributed by atoms with van der Waals surface area (Å²) >= 11 is 3.04. The quantitative estimate of drug-likeness (QED) is 0.871. The van der Waals surface area contributed by atoms with Crippen molar-refractivity contribution < 1.29 is 9.90 Å². The van der Waals surface area contributed by atoms with E-state index in [0.29, 0.717) is 5.69 Å². The van der Waals surface area contributed by atoms with Gasteiger partial charge in [-0.25, -0.2) is 4.98 Å².